The number of methoxy groups -OCH3 is 1. The Labute approximate surface area is 131 Å². The summed E-state index contributed by atoms with van der Waals surface area (Å²) >= 11 is 0. The first-order valence-electron chi connectivity index (χ1n) is 7.25. The van der Waals surface area contributed by atoms with Crippen molar-refractivity contribution < 1.29 is 4.74 Å². The molecule has 0 fully saturated rings. The van der Waals surface area contributed by atoms with Crippen LogP contribution < -0.4 is 10.1 Å². The molecule has 118 valence electrons. The molecule has 0 aliphatic rings. The number of nitrogens with zero attached hydrogens (tertiary/aromatic N) is 4. The molecule has 0 saturated carbocycles. The monoisotopic (exact) mass is 301 g/mol. The summed E-state index contributed by atoms with van der Waals surface area (Å²) in [5.74, 6) is 1.73. The first-order chi connectivity index (χ1) is 10.7. The lowest BCUT2D eigenvalue weighted by atomic mass is 10.2. The Morgan fingerprint density at radius 3 is 2.73 bits per heavy atom. The average Bonchev–Trinajstić information content (AvgIpc) is 3.05. The van der Waals surface area contributed by atoms with Crippen molar-refractivity contribution in [2.24, 2.45) is 4.99 Å². The average molecular weight is 301 g/mol. The van der Waals surface area contributed by atoms with E-state index in [1.54, 1.807) is 20.4 Å². The van der Waals surface area contributed by atoms with Crippen molar-refractivity contribution in [3.63, 3.8) is 0 Å². The number of rotatable bonds is 6. The number of benzene rings is 1. The first-order valence-corrected chi connectivity index (χ1v) is 7.25. The molecule has 6 nitrogen and oxygen atoms in total. The predicted octanol–water partition coefficient (Wildman–Crippen LogP) is 1.60. The summed E-state index contributed by atoms with van der Waals surface area (Å²) in [6, 6.07) is 9.98. The maximum Gasteiger partial charge on any atom is 0.193 e. The summed E-state index contributed by atoms with van der Waals surface area (Å²) in [4.78, 5) is 6.40. The summed E-state index contributed by atoms with van der Waals surface area (Å²) in [6.45, 7) is 2.37. The second kappa shape index (κ2) is 8.07. The Balaban J connectivity index is 1.83. The van der Waals surface area contributed by atoms with Crippen LogP contribution in [0.4, 0.5) is 0 Å². The summed E-state index contributed by atoms with van der Waals surface area (Å²) < 4.78 is 7.07. The van der Waals surface area contributed by atoms with Crippen molar-refractivity contribution in [2.75, 3.05) is 27.7 Å². The number of hydrogen-bond donors (Lipinski definition) is 1. The summed E-state index contributed by atoms with van der Waals surface area (Å²) in [5.41, 5.74) is 1.21. The van der Waals surface area contributed by atoms with Crippen LogP contribution in [-0.4, -0.2) is 48.4 Å². The van der Waals surface area contributed by atoms with Crippen molar-refractivity contribution >= 4 is 5.96 Å². The smallest absolute Gasteiger partial charge is 0.193 e. The van der Waals surface area contributed by atoms with Gasteiger partial charge < -0.3 is 15.0 Å². The van der Waals surface area contributed by atoms with Crippen LogP contribution in [-0.2, 0) is 13.1 Å². The van der Waals surface area contributed by atoms with E-state index >= 15 is 0 Å². The van der Waals surface area contributed by atoms with Crippen LogP contribution in [0.3, 0.4) is 0 Å². The fraction of sp³-hybridized carbons (Fsp3) is 0.375. The molecular formula is C16H23N5O. The number of aliphatic imine (C=N–C) groups is 1. The van der Waals surface area contributed by atoms with Crippen molar-refractivity contribution in [3.8, 4) is 5.75 Å². The fourth-order valence-electron chi connectivity index (χ4n) is 2.18. The quantitative estimate of drug-likeness (QED) is 0.650. The van der Waals surface area contributed by atoms with Crippen molar-refractivity contribution in [1.82, 2.24) is 20.0 Å². The molecule has 2 rings (SSSR count). The lowest BCUT2D eigenvalue weighted by Crippen LogP contribution is -2.39. The van der Waals surface area contributed by atoms with Gasteiger partial charge in [0.05, 0.1) is 13.7 Å². The molecule has 2 aromatic rings. The molecule has 0 aliphatic carbocycles. The molecule has 0 amide bonds. The van der Waals surface area contributed by atoms with Crippen LogP contribution in [0.5, 0.6) is 5.75 Å². The van der Waals surface area contributed by atoms with Gasteiger partial charge in [-0.15, -0.1) is 0 Å². The SMILES string of the molecule is CN=C(NCCn1cccn1)N(C)Cc1ccc(OC)cc1. The van der Waals surface area contributed by atoms with Gasteiger partial charge in [-0.3, -0.25) is 9.67 Å². The largest absolute Gasteiger partial charge is 0.497 e. The van der Waals surface area contributed by atoms with Crippen molar-refractivity contribution in [3.05, 3.63) is 48.3 Å². The van der Waals surface area contributed by atoms with E-state index in [0.717, 1.165) is 31.3 Å². The topological polar surface area (TPSA) is 54.7 Å². The molecule has 0 atom stereocenters. The summed E-state index contributed by atoms with van der Waals surface area (Å²) in [6.07, 6.45) is 3.73. The number of nitrogens with one attached hydrogen (secondary N) is 1. The molecule has 0 radical (unpaired) electrons. The minimum Gasteiger partial charge on any atom is -0.497 e. The highest BCUT2D eigenvalue weighted by Crippen LogP contribution is 2.12. The molecule has 1 aromatic heterocycles. The zero-order chi connectivity index (χ0) is 15.8. The normalized spacial score (nSPS) is 11.3. The second-order valence-corrected chi connectivity index (χ2v) is 4.95. The zero-order valence-electron chi connectivity index (χ0n) is 13.4. The number of hydrogen-bond acceptors (Lipinski definition) is 3. The minimum absolute atomic E-state index is 0.779. The fourth-order valence-corrected chi connectivity index (χ4v) is 2.18. The van der Waals surface area contributed by atoms with E-state index in [1.165, 1.54) is 5.56 Å². The van der Waals surface area contributed by atoms with Crippen LogP contribution in [0.1, 0.15) is 5.56 Å². The van der Waals surface area contributed by atoms with Gasteiger partial charge in [-0.25, -0.2) is 0 Å². The van der Waals surface area contributed by atoms with E-state index < -0.39 is 0 Å². The minimum atomic E-state index is 0.779. The molecular weight excluding hydrogens is 278 g/mol. The predicted molar refractivity (Wildman–Crippen MR) is 88.0 cm³/mol. The van der Waals surface area contributed by atoms with E-state index in [2.05, 4.69) is 32.4 Å². The molecule has 0 spiro atoms. The molecule has 1 aromatic carbocycles. The number of ether oxygens (including phenoxy) is 1. The lowest BCUT2D eigenvalue weighted by molar-refractivity contribution is 0.414. The molecule has 6 heteroatoms. The standard InChI is InChI=1S/C16H23N5O/c1-17-16(18-10-12-21-11-4-9-19-21)20(2)13-14-5-7-15(22-3)8-6-14/h4-9,11H,10,12-13H2,1-3H3,(H,17,18). The zero-order valence-corrected chi connectivity index (χ0v) is 13.4. The van der Waals surface area contributed by atoms with Crippen LogP contribution >= 0.6 is 0 Å². The lowest BCUT2D eigenvalue weighted by Gasteiger charge is -2.22. The van der Waals surface area contributed by atoms with Crippen LogP contribution in [0.25, 0.3) is 0 Å². The van der Waals surface area contributed by atoms with Crippen LogP contribution in [0, 0.1) is 0 Å². The third-order valence-corrected chi connectivity index (χ3v) is 3.34. The van der Waals surface area contributed by atoms with E-state index in [4.69, 9.17) is 4.74 Å². The van der Waals surface area contributed by atoms with Gasteiger partial charge in [-0.05, 0) is 23.8 Å². The Hall–Kier alpha value is -2.50. The van der Waals surface area contributed by atoms with E-state index in [9.17, 15) is 0 Å². The van der Waals surface area contributed by atoms with Crippen molar-refractivity contribution in [1.29, 1.82) is 0 Å². The Morgan fingerprint density at radius 1 is 1.36 bits per heavy atom. The number of aromatic nitrogens is 2. The van der Waals surface area contributed by atoms with Gasteiger partial charge in [-0.2, -0.15) is 5.10 Å². The van der Waals surface area contributed by atoms with Gasteiger partial charge in [-0.1, -0.05) is 12.1 Å². The third kappa shape index (κ3) is 4.51. The van der Waals surface area contributed by atoms with Gasteiger partial charge in [0.25, 0.3) is 0 Å². The molecule has 1 N–H and O–H groups in total. The van der Waals surface area contributed by atoms with Gasteiger partial charge in [0.1, 0.15) is 5.75 Å². The molecule has 0 bridgehead atoms. The van der Waals surface area contributed by atoms with Crippen molar-refractivity contribution in [2.45, 2.75) is 13.1 Å². The molecule has 0 saturated heterocycles. The summed E-state index contributed by atoms with van der Waals surface area (Å²) in [5, 5.41) is 7.52. The van der Waals surface area contributed by atoms with Gasteiger partial charge in [0, 0.05) is 39.6 Å². The van der Waals surface area contributed by atoms with Crippen LogP contribution in [0.2, 0.25) is 0 Å². The Bertz CT molecular complexity index is 577. The van der Waals surface area contributed by atoms with Gasteiger partial charge in [0.15, 0.2) is 5.96 Å². The second-order valence-electron chi connectivity index (χ2n) is 4.95. The molecule has 0 unspecified atom stereocenters. The highest BCUT2D eigenvalue weighted by atomic mass is 16.5. The molecule has 1 heterocycles. The third-order valence-electron chi connectivity index (χ3n) is 3.34. The molecule has 22 heavy (non-hydrogen) atoms. The van der Waals surface area contributed by atoms with Crippen LogP contribution in [0.15, 0.2) is 47.7 Å². The summed E-state index contributed by atoms with van der Waals surface area (Å²) in [7, 11) is 5.49. The Morgan fingerprint density at radius 2 is 2.14 bits per heavy atom. The van der Waals surface area contributed by atoms with Gasteiger partial charge >= 0.3 is 0 Å². The van der Waals surface area contributed by atoms with E-state index in [0.29, 0.717) is 0 Å². The maximum absolute atomic E-state index is 5.17. The highest BCUT2D eigenvalue weighted by Gasteiger charge is 2.06. The maximum atomic E-state index is 5.17. The highest BCUT2D eigenvalue weighted by molar-refractivity contribution is 5.79. The van der Waals surface area contributed by atoms with Gasteiger partial charge in [0.2, 0.25) is 0 Å². The Kier molecular flexibility index (Phi) is 5.82. The van der Waals surface area contributed by atoms with E-state index in [1.807, 2.05) is 36.1 Å². The molecule has 0 aliphatic heterocycles. The number of guanidine groups is 1. The first kappa shape index (κ1) is 15.9. The van der Waals surface area contributed by atoms with E-state index in [-0.39, 0.29) is 0 Å².